The fourth-order valence-corrected chi connectivity index (χ4v) is 4.91. The van der Waals surface area contributed by atoms with Crippen LogP contribution >= 0.6 is 23.1 Å². The second-order valence-electron chi connectivity index (χ2n) is 6.18. The average molecular weight is 407 g/mol. The van der Waals surface area contributed by atoms with Crippen molar-refractivity contribution in [3.05, 3.63) is 29.3 Å². The van der Waals surface area contributed by atoms with E-state index in [1.54, 1.807) is 25.0 Å². The number of hydrogen-bond donors (Lipinski definition) is 1. The summed E-state index contributed by atoms with van der Waals surface area (Å²) >= 11 is 2.83. The number of methoxy groups -OCH3 is 1. The minimum atomic E-state index is -0.270. The SMILES string of the molecule is COCCNc1nnc(S[C@H](C)C(=O)c2ccc3c(c2)CCN3C(C)=O)s1. The molecule has 144 valence electrons. The lowest BCUT2D eigenvalue weighted by Crippen LogP contribution is -2.25. The molecule has 2 heterocycles. The summed E-state index contributed by atoms with van der Waals surface area (Å²) in [4.78, 5) is 26.2. The van der Waals surface area contributed by atoms with Crippen LogP contribution in [0, 0.1) is 0 Å². The van der Waals surface area contributed by atoms with Gasteiger partial charge in [-0.05, 0) is 37.1 Å². The molecule has 3 rings (SSSR count). The van der Waals surface area contributed by atoms with Crippen molar-refractivity contribution in [1.82, 2.24) is 10.2 Å². The van der Waals surface area contributed by atoms with Gasteiger partial charge in [-0.2, -0.15) is 0 Å². The number of ether oxygens (including phenoxy) is 1. The summed E-state index contributed by atoms with van der Waals surface area (Å²) in [5.41, 5.74) is 2.63. The molecule has 1 aromatic carbocycles. The van der Waals surface area contributed by atoms with Crippen molar-refractivity contribution < 1.29 is 14.3 Å². The number of nitrogens with one attached hydrogen (secondary N) is 1. The third-order valence-electron chi connectivity index (χ3n) is 4.28. The quantitative estimate of drug-likeness (QED) is 0.410. The van der Waals surface area contributed by atoms with Gasteiger partial charge in [0.15, 0.2) is 10.1 Å². The predicted molar refractivity (Wildman–Crippen MR) is 108 cm³/mol. The number of carbonyl (C=O) groups excluding carboxylic acids is 2. The maximum Gasteiger partial charge on any atom is 0.223 e. The Balaban J connectivity index is 1.63. The zero-order valence-corrected chi connectivity index (χ0v) is 17.2. The molecule has 1 aliphatic heterocycles. The molecule has 7 nitrogen and oxygen atoms in total. The Labute approximate surface area is 166 Å². The number of rotatable bonds is 8. The summed E-state index contributed by atoms with van der Waals surface area (Å²) in [5, 5.41) is 11.8. The molecule has 27 heavy (non-hydrogen) atoms. The third-order valence-corrected chi connectivity index (χ3v) is 6.34. The zero-order valence-electron chi connectivity index (χ0n) is 15.5. The molecule has 0 fully saturated rings. The van der Waals surface area contributed by atoms with Crippen molar-refractivity contribution in [1.29, 1.82) is 0 Å². The van der Waals surface area contributed by atoms with Crippen LogP contribution in [-0.4, -0.2) is 53.9 Å². The van der Waals surface area contributed by atoms with Crippen LogP contribution < -0.4 is 10.2 Å². The average Bonchev–Trinajstić information content (AvgIpc) is 3.27. The fourth-order valence-electron chi connectivity index (χ4n) is 2.91. The van der Waals surface area contributed by atoms with Crippen LogP contribution in [-0.2, 0) is 16.0 Å². The number of hydrogen-bond acceptors (Lipinski definition) is 8. The van der Waals surface area contributed by atoms with Crippen LogP contribution in [0.15, 0.2) is 22.5 Å². The van der Waals surface area contributed by atoms with Gasteiger partial charge >= 0.3 is 0 Å². The van der Waals surface area contributed by atoms with E-state index in [2.05, 4.69) is 15.5 Å². The number of thioether (sulfide) groups is 1. The van der Waals surface area contributed by atoms with Crippen molar-refractivity contribution in [2.24, 2.45) is 0 Å². The number of benzene rings is 1. The predicted octanol–water partition coefficient (Wildman–Crippen LogP) is 2.87. The lowest BCUT2D eigenvalue weighted by Gasteiger charge is -2.15. The Morgan fingerprint density at radius 1 is 1.41 bits per heavy atom. The van der Waals surface area contributed by atoms with E-state index in [0.717, 1.165) is 27.1 Å². The van der Waals surface area contributed by atoms with E-state index >= 15 is 0 Å². The summed E-state index contributed by atoms with van der Waals surface area (Å²) in [6.07, 6.45) is 0.782. The maximum atomic E-state index is 12.8. The number of ketones is 1. The number of fused-ring (bicyclic) bond motifs is 1. The van der Waals surface area contributed by atoms with Crippen LogP contribution in [0.25, 0.3) is 0 Å². The number of aromatic nitrogens is 2. The van der Waals surface area contributed by atoms with Gasteiger partial charge in [-0.3, -0.25) is 9.59 Å². The van der Waals surface area contributed by atoms with Gasteiger partial charge in [-0.1, -0.05) is 23.1 Å². The molecule has 1 atom stereocenters. The molecule has 1 N–H and O–H groups in total. The van der Waals surface area contributed by atoms with Gasteiger partial charge in [0, 0.05) is 38.4 Å². The molecule has 9 heteroatoms. The van der Waals surface area contributed by atoms with Crippen molar-refractivity contribution in [2.45, 2.75) is 29.9 Å². The molecule has 1 aromatic heterocycles. The first-order chi connectivity index (χ1) is 13.0. The van der Waals surface area contributed by atoms with Crippen molar-refractivity contribution in [2.75, 3.05) is 37.0 Å². The van der Waals surface area contributed by atoms with E-state index in [1.807, 2.05) is 19.1 Å². The van der Waals surface area contributed by atoms with E-state index in [-0.39, 0.29) is 16.9 Å². The largest absolute Gasteiger partial charge is 0.383 e. The van der Waals surface area contributed by atoms with Crippen LogP contribution in [0.4, 0.5) is 10.8 Å². The Kier molecular flexibility index (Phi) is 6.46. The first-order valence-corrected chi connectivity index (χ1v) is 10.4. The third kappa shape index (κ3) is 4.66. The highest BCUT2D eigenvalue weighted by Crippen LogP contribution is 2.33. The molecule has 2 aromatic rings. The van der Waals surface area contributed by atoms with Gasteiger partial charge < -0.3 is 15.0 Å². The molecule has 0 saturated carbocycles. The lowest BCUT2D eigenvalue weighted by atomic mass is 10.0. The first-order valence-electron chi connectivity index (χ1n) is 8.68. The molecule has 1 aliphatic rings. The number of nitrogens with zero attached hydrogens (tertiary/aromatic N) is 3. The maximum absolute atomic E-state index is 12.8. The molecule has 0 aliphatic carbocycles. The van der Waals surface area contributed by atoms with E-state index in [0.29, 0.717) is 25.3 Å². The van der Waals surface area contributed by atoms with Crippen molar-refractivity contribution in [3.63, 3.8) is 0 Å². The number of Topliss-reactive ketones (excluding diaryl/α,β-unsaturated/α-hetero) is 1. The summed E-state index contributed by atoms with van der Waals surface area (Å²) in [6, 6.07) is 5.59. The number of amides is 1. The Morgan fingerprint density at radius 3 is 2.96 bits per heavy atom. The number of carbonyl (C=O) groups is 2. The molecular weight excluding hydrogens is 384 g/mol. The highest BCUT2D eigenvalue weighted by molar-refractivity contribution is 8.02. The van der Waals surface area contributed by atoms with Gasteiger partial charge in [0.1, 0.15) is 0 Å². The summed E-state index contributed by atoms with van der Waals surface area (Å²) in [5.74, 6) is 0.0797. The molecule has 0 unspecified atom stereocenters. The van der Waals surface area contributed by atoms with Gasteiger partial charge in [-0.15, -0.1) is 10.2 Å². The standard InChI is InChI=1S/C18H22N4O3S2/c1-11(26-18-21-20-17(27-18)19-7-9-25-3)16(24)14-4-5-15-13(10-14)6-8-22(15)12(2)23/h4-5,10-11H,6-9H2,1-3H3,(H,19,20)/t11-/m1/s1. The topological polar surface area (TPSA) is 84.4 Å². The monoisotopic (exact) mass is 406 g/mol. The Hall–Kier alpha value is -1.97. The lowest BCUT2D eigenvalue weighted by molar-refractivity contribution is -0.116. The minimum absolute atomic E-state index is 0.0305. The normalized spacial score (nSPS) is 14.1. The molecule has 1 amide bonds. The second kappa shape index (κ2) is 8.81. The summed E-state index contributed by atoms with van der Waals surface area (Å²) < 4.78 is 5.74. The molecular formula is C18H22N4O3S2. The smallest absolute Gasteiger partial charge is 0.223 e. The van der Waals surface area contributed by atoms with Gasteiger partial charge in [-0.25, -0.2) is 0 Å². The summed E-state index contributed by atoms with van der Waals surface area (Å²) in [6.45, 7) is 5.37. The fraction of sp³-hybridized carbons (Fsp3) is 0.444. The Morgan fingerprint density at radius 2 is 2.22 bits per heavy atom. The van der Waals surface area contributed by atoms with Crippen LogP contribution in [0.2, 0.25) is 0 Å². The van der Waals surface area contributed by atoms with E-state index in [4.69, 9.17) is 4.74 Å². The van der Waals surface area contributed by atoms with Gasteiger partial charge in [0.25, 0.3) is 0 Å². The van der Waals surface area contributed by atoms with E-state index < -0.39 is 0 Å². The Bertz CT molecular complexity index is 840. The van der Waals surface area contributed by atoms with Crippen LogP contribution in [0.1, 0.15) is 29.8 Å². The molecule has 0 spiro atoms. The summed E-state index contributed by atoms with van der Waals surface area (Å²) in [7, 11) is 1.65. The number of anilines is 2. The molecule has 0 bridgehead atoms. The van der Waals surface area contributed by atoms with Crippen molar-refractivity contribution >= 4 is 45.6 Å². The highest BCUT2D eigenvalue weighted by Gasteiger charge is 2.25. The first kappa shape index (κ1) is 19.8. The second-order valence-corrected chi connectivity index (χ2v) is 8.75. The van der Waals surface area contributed by atoms with Crippen LogP contribution in [0.3, 0.4) is 0 Å². The zero-order chi connectivity index (χ0) is 19.4. The molecule has 0 radical (unpaired) electrons. The van der Waals surface area contributed by atoms with Crippen molar-refractivity contribution in [3.8, 4) is 0 Å². The highest BCUT2D eigenvalue weighted by atomic mass is 32.2. The van der Waals surface area contributed by atoms with Gasteiger partial charge in [0.05, 0.1) is 11.9 Å². The van der Waals surface area contributed by atoms with Crippen LogP contribution in [0.5, 0.6) is 0 Å². The van der Waals surface area contributed by atoms with E-state index in [9.17, 15) is 9.59 Å². The van der Waals surface area contributed by atoms with Gasteiger partial charge in [0.2, 0.25) is 11.0 Å². The molecule has 0 saturated heterocycles. The minimum Gasteiger partial charge on any atom is -0.383 e. The van der Waals surface area contributed by atoms with E-state index in [1.165, 1.54) is 23.1 Å².